The molecule has 2 aromatic rings. The minimum Gasteiger partial charge on any atom is -0.452 e. The molecule has 0 spiro atoms. The number of esters is 1. The van der Waals surface area contributed by atoms with Crippen LogP contribution in [0.3, 0.4) is 0 Å². The zero-order valence-corrected chi connectivity index (χ0v) is 13.6. The first-order valence-electron chi connectivity index (χ1n) is 6.55. The summed E-state index contributed by atoms with van der Waals surface area (Å²) in [6, 6.07) is 8.11. The van der Waals surface area contributed by atoms with E-state index >= 15 is 0 Å². The second-order valence-corrected chi connectivity index (χ2v) is 5.65. The highest BCUT2D eigenvalue weighted by molar-refractivity contribution is 9.10. The van der Waals surface area contributed by atoms with E-state index in [0.29, 0.717) is 10.0 Å². The molecule has 4 nitrogen and oxygen atoms in total. The summed E-state index contributed by atoms with van der Waals surface area (Å²) in [5.74, 6) is -3.06. The van der Waals surface area contributed by atoms with Crippen LogP contribution in [0.2, 0.25) is 0 Å². The summed E-state index contributed by atoms with van der Waals surface area (Å²) >= 11 is 3.06. The molecule has 0 unspecified atom stereocenters. The molecule has 0 aromatic heterocycles. The molecule has 0 saturated carbocycles. The van der Waals surface area contributed by atoms with Crippen molar-refractivity contribution in [2.75, 3.05) is 11.9 Å². The number of benzene rings is 2. The summed E-state index contributed by atoms with van der Waals surface area (Å²) < 4.78 is 32.4. The topological polar surface area (TPSA) is 55.4 Å². The van der Waals surface area contributed by atoms with E-state index in [1.165, 1.54) is 24.3 Å². The average Bonchev–Trinajstić information content (AvgIpc) is 2.48. The molecule has 0 aliphatic heterocycles. The average molecular weight is 384 g/mol. The first-order chi connectivity index (χ1) is 10.9. The van der Waals surface area contributed by atoms with Crippen molar-refractivity contribution in [2.24, 2.45) is 0 Å². The van der Waals surface area contributed by atoms with Gasteiger partial charge in [0.05, 0.1) is 11.3 Å². The Hall–Kier alpha value is -2.28. The number of nitrogens with one attached hydrogen (secondary N) is 1. The number of rotatable bonds is 4. The molecule has 0 saturated heterocycles. The van der Waals surface area contributed by atoms with Crippen LogP contribution in [-0.2, 0) is 9.53 Å². The molecule has 120 valence electrons. The second-order valence-electron chi connectivity index (χ2n) is 4.73. The minimum atomic E-state index is -0.977. The lowest BCUT2D eigenvalue weighted by atomic mass is 10.2. The molecule has 2 rings (SSSR count). The molecule has 1 N–H and O–H groups in total. The van der Waals surface area contributed by atoms with Gasteiger partial charge in [0, 0.05) is 4.47 Å². The first-order valence-corrected chi connectivity index (χ1v) is 7.34. The van der Waals surface area contributed by atoms with Gasteiger partial charge in [0.15, 0.2) is 6.61 Å². The number of halogens is 3. The normalized spacial score (nSPS) is 10.3. The van der Waals surface area contributed by atoms with Gasteiger partial charge in [-0.15, -0.1) is 0 Å². The van der Waals surface area contributed by atoms with Gasteiger partial charge in [-0.25, -0.2) is 13.6 Å². The Kier molecular flexibility index (Phi) is 5.44. The Morgan fingerprint density at radius 2 is 1.87 bits per heavy atom. The zero-order chi connectivity index (χ0) is 17.0. The standard InChI is InChI=1S/C16H12BrF2NO3/c1-9-2-5-14(13(19)6-9)20-15(21)8-23-16(22)11-4-3-10(17)7-12(11)18/h2-7H,8H2,1H3,(H,20,21). The highest BCUT2D eigenvalue weighted by atomic mass is 79.9. The van der Waals surface area contributed by atoms with Crippen LogP contribution in [-0.4, -0.2) is 18.5 Å². The number of hydrogen-bond donors (Lipinski definition) is 1. The van der Waals surface area contributed by atoms with Crippen LogP contribution in [0.4, 0.5) is 14.5 Å². The zero-order valence-electron chi connectivity index (χ0n) is 12.0. The SMILES string of the molecule is Cc1ccc(NC(=O)COC(=O)c2ccc(Br)cc2F)c(F)c1. The molecule has 0 heterocycles. The number of anilines is 1. The predicted octanol–water partition coefficient (Wildman–Crippen LogP) is 3.83. The number of carbonyl (C=O) groups excluding carboxylic acids is 2. The molecular formula is C16H12BrF2NO3. The molecule has 0 bridgehead atoms. The molecule has 0 radical (unpaired) electrons. The van der Waals surface area contributed by atoms with Crippen LogP contribution in [0, 0.1) is 18.6 Å². The van der Waals surface area contributed by atoms with E-state index in [-0.39, 0.29) is 11.3 Å². The van der Waals surface area contributed by atoms with Gasteiger partial charge in [-0.05, 0) is 42.8 Å². The molecule has 23 heavy (non-hydrogen) atoms. The van der Waals surface area contributed by atoms with Crippen molar-refractivity contribution in [3.63, 3.8) is 0 Å². The molecule has 0 atom stereocenters. The minimum absolute atomic E-state index is 0.0218. The van der Waals surface area contributed by atoms with Crippen molar-refractivity contribution >= 4 is 33.5 Å². The summed E-state index contributed by atoms with van der Waals surface area (Å²) in [7, 11) is 0. The van der Waals surface area contributed by atoms with E-state index in [1.807, 2.05) is 0 Å². The summed E-state index contributed by atoms with van der Waals surface area (Å²) in [4.78, 5) is 23.4. The van der Waals surface area contributed by atoms with Gasteiger partial charge >= 0.3 is 5.97 Å². The highest BCUT2D eigenvalue weighted by Gasteiger charge is 2.15. The number of ether oxygens (including phenoxy) is 1. The highest BCUT2D eigenvalue weighted by Crippen LogP contribution is 2.17. The maximum Gasteiger partial charge on any atom is 0.341 e. The van der Waals surface area contributed by atoms with E-state index in [4.69, 9.17) is 4.74 Å². The van der Waals surface area contributed by atoms with Gasteiger partial charge in [0.2, 0.25) is 0 Å². The third-order valence-corrected chi connectivity index (χ3v) is 3.38. The van der Waals surface area contributed by atoms with E-state index in [0.717, 1.165) is 6.07 Å². The van der Waals surface area contributed by atoms with Gasteiger partial charge in [-0.2, -0.15) is 0 Å². The number of amides is 1. The molecule has 0 aliphatic rings. The summed E-state index contributed by atoms with van der Waals surface area (Å²) in [5.41, 5.74) is 0.395. The van der Waals surface area contributed by atoms with Crippen molar-refractivity contribution in [2.45, 2.75) is 6.92 Å². The summed E-state index contributed by atoms with van der Waals surface area (Å²) in [6.45, 7) is 1.06. The van der Waals surface area contributed by atoms with Crippen LogP contribution in [0.5, 0.6) is 0 Å². The molecule has 2 aromatic carbocycles. The van der Waals surface area contributed by atoms with Gasteiger partial charge < -0.3 is 10.1 Å². The van der Waals surface area contributed by atoms with Crippen LogP contribution in [0.25, 0.3) is 0 Å². The third kappa shape index (κ3) is 4.59. The lowest BCUT2D eigenvalue weighted by molar-refractivity contribution is -0.119. The summed E-state index contributed by atoms with van der Waals surface area (Å²) in [6.07, 6.45) is 0. The van der Waals surface area contributed by atoms with Crippen LogP contribution < -0.4 is 5.32 Å². The third-order valence-electron chi connectivity index (χ3n) is 2.88. The Morgan fingerprint density at radius 3 is 2.52 bits per heavy atom. The van der Waals surface area contributed by atoms with Crippen molar-refractivity contribution < 1.29 is 23.1 Å². The lowest BCUT2D eigenvalue weighted by Gasteiger charge is -2.08. The molecule has 0 aliphatic carbocycles. The number of hydrogen-bond acceptors (Lipinski definition) is 3. The van der Waals surface area contributed by atoms with Crippen molar-refractivity contribution in [3.05, 3.63) is 63.6 Å². The lowest BCUT2D eigenvalue weighted by Crippen LogP contribution is -2.21. The number of aryl methyl sites for hydroxylation is 1. The van der Waals surface area contributed by atoms with E-state index in [2.05, 4.69) is 21.2 Å². The van der Waals surface area contributed by atoms with Crippen molar-refractivity contribution in [1.29, 1.82) is 0 Å². The second kappa shape index (κ2) is 7.32. The maximum atomic E-state index is 13.6. The smallest absolute Gasteiger partial charge is 0.341 e. The number of carbonyl (C=O) groups is 2. The fourth-order valence-corrected chi connectivity index (χ4v) is 2.10. The fourth-order valence-electron chi connectivity index (χ4n) is 1.77. The molecule has 7 heteroatoms. The van der Waals surface area contributed by atoms with Crippen molar-refractivity contribution in [1.82, 2.24) is 0 Å². The quantitative estimate of drug-likeness (QED) is 0.816. The molecular weight excluding hydrogens is 372 g/mol. The van der Waals surface area contributed by atoms with Gasteiger partial charge in [0.1, 0.15) is 11.6 Å². The fraction of sp³-hybridized carbons (Fsp3) is 0.125. The van der Waals surface area contributed by atoms with E-state index < -0.39 is 30.1 Å². The molecule has 0 fully saturated rings. The van der Waals surface area contributed by atoms with Gasteiger partial charge in [-0.3, -0.25) is 4.79 Å². The Labute approximate surface area is 139 Å². The molecule has 1 amide bonds. The van der Waals surface area contributed by atoms with Crippen LogP contribution >= 0.6 is 15.9 Å². The van der Waals surface area contributed by atoms with Crippen LogP contribution in [0.1, 0.15) is 15.9 Å². The summed E-state index contributed by atoms with van der Waals surface area (Å²) in [5, 5.41) is 2.28. The van der Waals surface area contributed by atoms with E-state index in [9.17, 15) is 18.4 Å². The maximum absolute atomic E-state index is 13.6. The monoisotopic (exact) mass is 383 g/mol. The Morgan fingerprint density at radius 1 is 1.13 bits per heavy atom. The van der Waals surface area contributed by atoms with Crippen LogP contribution in [0.15, 0.2) is 40.9 Å². The first kappa shape index (κ1) is 17.1. The Balaban J connectivity index is 1.94. The predicted molar refractivity (Wildman–Crippen MR) is 84.1 cm³/mol. The van der Waals surface area contributed by atoms with Gasteiger partial charge in [0.25, 0.3) is 5.91 Å². The largest absolute Gasteiger partial charge is 0.452 e. The van der Waals surface area contributed by atoms with E-state index in [1.54, 1.807) is 13.0 Å². The van der Waals surface area contributed by atoms with Crippen molar-refractivity contribution in [3.8, 4) is 0 Å². The Bertz CT molecular complexity index is 765. The van der Waals surface area contributed by atoms with Gasteiger partial charge in [-0.1, -0.05) is 22.0 Å².